The minimum Gasteiger partial charge on any atom is -0.497 e. The number of ether oxygens (including phenoxy) is 1. The van der Waals surface area contributed by atoms with E-state index in [-0.39, 0.29) is 0 Å². The Bertz CT molecular complexity index is 1290. The highest BCUT2D eigenvalue weighted by Crippen LogP contribution is 2.35. The Morgan fingerprint density at radius 2 is 1.61 bits per heavy atom. The van der Waals surface area contributed by atoms with Crippen LogP contribution in [0.5, 0.6) is 5.75 Å². The van der Waals surface area contributed by atoms with Gasteiger partial charge in [0.2, 0.25) is 0 Å². The van der Waals surface area contributed by atoms with Crippen LogP contribution < -0.4 is 4.74 Å². The fraction of sp³-hybridized carbons (Fsp3) is 0.111. The zero-order valence-corrected chi connectivity index (χ0v) is 19.7. The highest BCUT2D eigenvalue weighted by atomic mass is 32.2. The number of nitriles is 1. The van der Waals surface area contributed by atoms with Crippen LogP contribution in [0, 0.1) is 11.3 Å². The molecule has 0 amide bonds. The van der Waals surface area contributed by atoms with Crippen LogP contribution in [0.2, 0.25) is 0 Å². The first-order valence-corrected chi connectivity index (χ1v) is 12.8. The summed E-state index contributed by atoms with van der Waals surface area (Å²) < 4.78 is 18.0. The molecule has 0 aliphatic carbocycles. The van der Waals surface area contributed by atoms with Crippen LogP contribution in [-0.4, -0.2) is 21.4 Å². The predicted octanol–water partition coefficient (Wildman–Crippen LogP) is 6.29. The van der Waals surface area contributed by atoms with Crippen molar-refractivity contribution in [2.24, 2.45) is 0 Å². The maximum absolute atomic E-state index is 12.7. The van der Waals surface area contributed by atoms with Gasteiger partial charge in [0.1, 0.15) is 16.8 Å². The average Bonchev–Trinajstić information content (AvgIpc) is 2.88. The van der Waals surface area contributed by atoms with Gasteiger partial charge in [0.15, 0.2) is 0 Å². The molecule has 0 aliphatic rings. The number of aromatic nitrogens is 1. The van der Waals surface area contributed by atoms with Gasteiger partial charge in [-0.25, -0.2) is 4.98 Å². The minimum atomic E-state index is -1.09. The third-order valence-electron chi connectivity index (χ3n) is 5.07. The molecule has 0 saturated carbocycles. The van der Waals surface area contributed by atoms with E-state index in [2.05, 4.69) is 6.07 Å². The molecule has 0 fully saturated rings. The van der Waals surface area contributed by atoms with Crippen LogP contribution in [0.4, 0.5) is 0 Å². The zero-order valence-electron chi connectivity index (χ0n) is 18.1. The molecule has 4 rings (SSSR count). The smallest absolute Gasteiger partial charge is 0.118 e. The van der Waals surface area contributed by atoms with Gasteiger partial charge in [-0.05, 0) is 41.5 Å². The van der Waals surface area contributed by atoms with E-state index < -0.39 is 10.8 Å². The maximum atomic E-state index is 12.7. The molecule has 4 aromatic rings. The summed E-state index contributed by atoms with van der Waals surface area (Å²) in [5.41, 5.74) is 4.97. The number of hydrogen-bond donors (Lipinski definition) is 0. The Morgan fingerprint density at radius 3 is 2.24 bits per heavy atom. The zero-order chi connectivity index (χ0) is 23.0. The van der Waals surface area contributed by atoms with Gasteiger partial charge >= 0.3 is 0 Å². The van der Waals surface area contributed by atoms with Crippen molar-refractivity contribution in [3.63, 3.8) is 0 Å². The number of pyridine rings is 1. The van der Waals surface area contributed by atoms with Crippen molar-refractivity contribution in [1.29, 1.82) is 5.26 Å². The quantitative estimate of drug-likeness (QED) is 0.283. The molecule has 0 bridgehead atoms. The molecule has 1 heterocycles. The molecule has 0 aliphatic heterocycles. The van der Waals surface area contributed by atoms with Crippen LogP contribution in [-0.2, 0) is 16.6 Å². The molecule has 0 N–H and O–H groups in total. The Morgan fingerprint density at radius 1 is 0.939 bits per heavy atom. The van der Waals surface area contributed by atoms with Crippen LogP contribution in [0.15, 0.2) is 96.0 Å². The van der Waals surface area contributed by atoms with Gasteiger partial charge in [0.25, 0.3) is 0 Å². The summed E-state index contributed by atoms with van der Waals surface area (Å²) in [4.78, 5) is 4.80. The number of thioether (sulfide) groups is 1. The maximum Gasteiger partial charge on any atom is 0.118 e. The summed E-state index contributed by atoms with van der Waals surface area (Å²) in [6.07, 6.45) is 0. The van der Waals surface area contributed by atoms with Gasteiger partial charge in [-0.1, -0.05) is 72.4 Å². The first-order valence-electron chi connectivity index (χ1n) is 10.3. The topological polar surface area (TPSA) is 63.0 Å². The van der Waals surface area contributed by atoms with E-state index in [0.29, 0.717) is 21.4 Å². The fourth-order valence-corrected chi connectivity index (χ4v) is 5.75. The van der Waals surface area contributed by atoms with Gasteiger partial charge < -0.3 is 4.74 Å². The fourth-order valence-electron chi connectivity index (χ4n) is 3.41. The van der Waals surface area contributed by atoms with Crippen LogP contribution >= 0.6 is 11.8 Å². The summed E-state index contributed by atoms with van der Waals surface area (Å²) >= 11 is 1.37. The molecular formula is C27H22N2O2S2. The van der Waals surface area contributed by atoms with Crippen molar-refractivity contribution < 1.29 is 8.95 Å². The molecule has 1 atom stereocenters. The van der Waals surface area contributed by atoms with Crippen molar-refractivity contribution >= 4 is 22.6 Å². The second-order valence-corrected chi connectivity index (χ2v) is 10.1. The van der Waals surface area contributed by atoms with Crippen molar-refractivity contribution in [3.8, 4) is 34.2 Å². The van der Waals surface area contributed by atoms with E-state index in [1.54, 1.807) is 7.11 Å². The van der Waals surface area contributed by atoms with Crippen molar-refractivity contribution in [2.75, 3.05) is 12.2 Å². The largest absolute Gasteiger partial charge is 0.497 e. The van der Waals surface area contributed by atoms with Crippen LogP contribution in [0.3, 0.4) is 0 Å². The van der Waals surface area contributed by atoms with Crippen LogP contribution in [0.1, 0.15) is 11.1 Å². The number of nitrogens with zero attached hydrogens (tertiary/aromatic N) is 2. The molecule has 0 radical (unpaired) electrons. The Hall–Kier alpha value is -3.40. The van der Waals surface area contributed by atoms with E-state index >= 15 is 0 Å². The summed E-state index contributed by atoms with van der Waals surface area (Å²) in [6.45, 7) is 0. The monoisotopic (exact) mass is 470 g/mol. The van der Waals surface area contributed by atoms with E-state index in [9.17, 15) is 9.47 Å². The van der Waals surface area contributed by atoms with Crippen molar-refractivity contribution in [2.45, 2.75) is 10.8 Å². The summed E-state index contributed by atoms with van der Waals surface area (Å²) in [6, 6.07) is 31.5. The first-order chi connectivity index (χ1) is 16.2. The van der Waals surface area contributed by atoms with E-state index in [0.717, 1.165) is 33.7 Å². The van der Waals surface area contributed by atoms with Gasteiger partial charge in [-0.15, -0.1) is 0 Å². The standard InChI is InChI=1S/C27H22N2O2S2/c1-31-23-14-12-22(13-15-23)26-16-24(21-10-6-3-7-11-21)25(17-28)27(29-26)32-19-33(30)18-20-8-4-2-5-9-20/h2-16H,18-19H2,1H3. The third kappa shape index (κ3) is 5.70. The summed E-state index contributed by atoms with van der Waals surface area (Å²) in [7, 11) is 0.540. The van der Waals surface area contributed by atoms with Gasteiger partial charge in [0, 0.05) is 27.7 Å². The van der Waals surface area contributed by atoms with E-state index in [1.165, 1.54) is 11.8 Å². The second kappa shape index (κ2) is 11.0. The van der Waals surface area contributed by atoms with Gasteiger partial charge in [-0.2, -0.15) is 5.26 Å². The summed E-state index contributed by atoms with van der Waals surface area (Å²) in [5.74, 6) is 1.24. The Labute approximate surface area is 200 Å². The number of hydrogen-bond acceptors (Lipinski definition) is 5. The molecule has 4 nitrogen and oxygen atoms in total. The molecule has 1 unspecified atom stereocenters. The highest BCUT2D eigenvalue weighted by molar-refractivity contribution is 8.10. The molecule has 164 valence electrons. The van der Waals surface area contributed by atoms with Crippen molar-refractivity contribution in [1.82, 2.24) is 4.98 Å². The Balaban J connectivity index is 1.69. The lowest BCUT2D eigenvalue weighted by molar-refractivity contribution is 0.415. The molecule has 6 heteroatoms. The lowest BCUT2D eigenvalue weighted by Gasteiger charge is -2.13. The lowest BCUT2D eigenvalue weighted by atomic mass is 9.99. The second-order valence-electron chi connectivity index (χ2n) is 7.27. The number of benzene rings is 3. The van der Waals surface area contributed by atoms with E-state index in [1.807, 2.05) is 91.0 Å². The van der Waals surface area contributed by atoms with Crippen LogP contribution in [0.25, 0.3) is 22.4 Å². The molecular weight excluding hydrogens is 448 g/mol. The molecule has 0 spiro atoms. The lowest BCUT2D eigenvalue weighted by Crippen LogP contribution is -2.01. The minimum absolute atomic E-state index is 0.358. The average molecular weight is 471 g/mol. The van der Waals surface area contributed by atoms with Gasteiger partial charge in [-0.3, -0.25) is 4.21 Å². The number of rotatable bonds is 8. The SMILES string of the molecule is COc1ccc(-c2cc(-c3ccccc3)c(C#N)c(SCS(=O)Cc3ccccc3)n2)cc1. The first kappa shape index (κ1) is 22.8. The number of methoxy groups -OCH3 is 1. The third-order valence-corrected chi connectivity index (χ3v) is 7.81. The molecule has 33 heavy (non-hydrogen) atoms. The highest BCUT2D eigenvalue weighted by Gasteiger charge is 2.17. The summed E-state index contributed by atoms with van der Waals surface area (Å²) in [5, 5.41) is 10.9. The molecule has 0 saturated heterocycles. The van der Waals surface area contributed by atoms with E-state index in [4.69, 9.17) is 9.72 Å². The van der Waals surface area contributed by atoms with Crippen molar-refractivity contribution in [3.05, 3.63) is 102 Å². The predicted molar refractivity (Wildman–Crippen MR) is 135 cm³/mol. The normalized spacial score (nSPS) is 11.5. The molecule has 1 aromatic heterocycles. The molecule has 3 aromatic carbocycles. The van der Waals surface area contributed by atoms with Gasteiger partial charge in [0.05, 0.1) is 23.5 Å². The Kier molecular flexibility index (Phi) is 7.56.